The summed E-state index contributed by atoms with van der Waals surface area (Å²) in [4.78, 5) is 27.2. The lowest BCUT2D eigenvalue weighted by Gasteiger charge is -2.19. The third-order valence-corrected chi connectivity index (χ3v) is 5.93. The Morgan fingerprint density at radius 1 is 1.23 bits per heavy atom. The second-order valence-electron chi connectivity index (χ2n) is 6.55. The van der Waals surface area contributed by atoms with Crippen molar-refractivity contribution in [2.45, 2.75) is 0 Å². The number of rotatable bonds is 5. The van der Waals surface area contributed by atoms with Crippen LogP contribution in [-0.4, -0.2) is 38.3 Å². The molecule has 0 bridgehead atoms. The third kappa shape index (κ3) is 4.18. The van der Waals surface area contributed by atoms with Crippen LogP contribution in [0.4, 0.5) is 5.69 Å². The van der Waals surface area contributed by atoms with Crippen LogP contribution in [0.25, 0.3) is 16.8 Å². The van der Waals surface area contributed by atoms with Crippen LogP contribution in [-0.2, 0) is 0 Å². The molecule has 0 radical (unpaired) electrons. The number of nitro groups is 1. The maximum absolute atomic E-state index is 12.5. The topological polar surface area (TPSA) is 132 Å². The smallest absolute Gasteiger partial charge is 0.269 e. The van der Waals surface area contributed by atoms with E-state index in [1.54, 1.807) is 0 Å². The fourth-order valence-electron chi connectivity index (χ4n) is 2.96. The molecule has 0 atom stereocenters. The Kier molecular flexibility index (Phi) is 5.53. The van der Waals surface area contributed by atoms with E-state index in [0.717, 1.165) is 10.0 Å². The first-order chi connectivity index (χ1) is 14.8. The molecule has 1 amide bonds. The minimum atomic E-state index is -0.553. The highest BCUT2D eigenvalue weighted by Crippen LogP contribution is 2.32. The Morgan fingerprint density at radius 3 is 2.55 bits per heavy atom. The largest absolute Gasteiger partial charge is 0.509 e. The van der Waals surface area contributed by atoms with Crippen LogP contribution in [0.1, 0.15) is 15.4 Å². The lowest BCUT2D eigenvalue weighted by Crippen LogP contribution is -2.43. The molecule has 1 aliphatic rings. The zero-order chi connectivity index (χ0) is 22.1. The van der Waals surface area contributed by atoms with Crippen LogP contribution < -0.4 is 5.43 Å². The summed E-state index contributed by atoms with van der Waals surface area (Å²) in [6.45, 7) is -0.0832. The number of hydrogen-bond acceptors (Lipinski definition) is 7. The number of nitrogens with one attached hydrogen (secondary N) is 2. The summed E-state index contributed by atoms with van der Waals surface area (Å²) in [7, 11) is 0. The number of aromatic nitrogens is 1. The Morgan fingerprint density at radius 2 is 1.90 bits per heavy atom. The van der Waals surface area contributed by atoms with Gasteiger partial charge in [-0.1, -0.05) is 28.1 Å². The van der Waals surface area contributed by atoms with Gasteiger partial charge in [0.25, 0.3) is 11.6 Å². The minimum Gasteiger partial charge on any atom is -0.509 e. The molecule has 156 valence electrons. The number of amides is 1. The molecule has 4 rings (SSSR count). The van der Waals surface area contributed by atoms with E-state index in [0.29, 0.717) is 10.7 Å². The van der Waals surface area contributed by atoms with Crippen LogP contribution >= 0.6 is 27.3 Å². The number of carbonyl (C=O) groups is 1. The Hall–Kier alpha value is -3.57. The number of hydrazine groups is 1. The van der Waals surface area contributed by atoms with E-state index in [1.165, 1.54) is 40.6 Å². The first-order valence-electron chi connectivity index (χ1n) is 8.89. The molecule has 3 aromatic rings. The van der Waals surface area contributed by atoms with Gasteiger partial charge in [-0.2, -0.15) is 0 Å². The molecule has 31 heavy (non-hydrogen) atoms. The average molecular weight is 500 g/mol. The number of benzene rings is 2. The zero-order valence-corrected chi connectivity index (χ0v) is 18.1. The highest BCUT2D eigenvalue weighted by atomic mass is 79.9. The molecule has 1 aliphatic heterocycles. The quantitative estimate of drug-likeness (QED) is 0.352. The molecule has 3 N–H and O–H groups in total. The van der Waals surface area contributed by atoms with Crippen molar-refractivity contribution in [3.63, 3.8) is 0 Å². The second kappa shape index (κ2) is 8.28. The lowest BCUT2D eigenvalue weighted by atomic mass is 10.2. The lowest BCUT2D eigenvalue weighted by molar-refractivity contribution is -0.384. The maximum Gasteiger partial charge on any atom is 0.269 e. The van der Waals surface area contributed by atoms with Gasteiger partial charge in [-0.25, -0.2) is 4.98 Å². The van der Waals surface area contributed by atoms with E-state index < -0.39 is 10.8 Å². The molecule has 2 heterocycles. The van der Waals surface area contributed by atoms with E-state index in [-0.39, 0.29) is 35.0 Å². The molecule has 1 aromatic heterocycles. The van der Waals surface area contributed by atoms with Crippen LogP contribution in [0.5, 0.6) is 0 Å². The van der Waals surface area contributed by atoms with Crippen molar-refractivity contribution in [3.8, 4) is 11.3 Å². The van der Waals surface area contributed by atoms with Gasteiger partial charge in [0.1, 0.15) is 10.8 Å². The van der Waals surface area contributed by atoms with E-state index in [1.807, 2.05) is 29.6 Å². The van der Waals surface area contributed by atoms with Gasteiger partial charge in [0.05, 0.1) is 22.7 Å². The van der Waals surface area contributed by atoms with Crippen molar-refractivity contribution >= 4 is 50.3 Å². The maximum atomic E-state index is 12.5. The molecule has 0 spiro atoms. The predicted octanol–water partition coefficient (Wildman–Crippen LogP) is 4.39. The van der Waals surface area contributed by atoms with Crippen molar-refractivity contribution in [2.75, 3.05) is 6.54 Å². The number of nitro benzene ring substituents is 1. The van der Waals surface area contributed by atoms with Crippen LogP contribution in [0, 0.1) is 15.5 Å². The molecule has 11 heteroatoms. The molecule has 2 aromatic carbocycles. The molecule has 0 fully saturated rings. The molecule has 9 nitrogen and oxygen atoms in total. The number of amidine groups is 1. The van der Waals surface area contributed by atoms with Gasteiger partial charge >= 0.3 is 0 Å². The van der Waals surface area contributed by atoms with Crippen LogP contribution in [0.2, 0.25) is 0 Å². The van der Waals surface area contributed by atoms with Gasteiger partial charge in [0.15, 0.2) is 5.84 Å². The summed E-state index contributed by atoms with van der Waals surface area (Å²) < 4.78 is 0.948. The van der Waals surface area contributed by atoms with Gasteiger partial charge in [-0.15, -0.1) is 11.3 Å². The summed E-state index contributed by atoms with van der Waals surface area (Å²) in [5.74, 6) is -0.724. The Balaban J connectivity index is 1.49. The van der Waals surface area contributed by atoms with Gasteiger partial charge in [-0.05, 0) is 24.3 Å². The van der Waals surface area contributed by atoms with Crippen molar-refractivity contribution < 1.29 is 14.8 Å². The summed E-state index contributed by atoms with van der Waals surface area (Å²) in [5.41, 5.74) is 4.47. The second-order valence-corrected chi connectivity index (χ2v) is 8.32. The molecule has 0 aliphatic carbocycles. The number of thiazole rings is 1. The normalized spacial score (nSPS) is 13.6. The molecule has 0 unspecified atom stereocenters. The monoisotopic (exact) mass is 499 g/mol. The van der Waals surface area contributed by atoms with Gasteiger partial charge in [0.2, 0.25) is 0 Å². The Bertz CT molecular complexity index is 1220. The number of carbonyl (C=O) groups excluding carboxylic acids is 1. The zero-order valence-electron chi connectivity index (χ0n) is 15.7. The summed E-state index contributed by atoms with van der Waals surface area (Å²) in [6, 6.07) is 12.7. The standard InChI is InChI=1S/C20H14BrN5O4S/c21-13-5-1-11(2-6-13)15-10-31-20(23-15)17-16(27)9-25(18(17)22)24-19(28)12-3-7-14(8-4-12)26(29)30/h1-8,10,22,27H,9H2,(H,24,28). The third-order valence-electron chi connectivity index (χ3n) is 4.54. The number of non-ortho nitro benzene ring substituents is 1. The van der Waals surface area contributed by atoms with E-state index in [2.05, 4.69) is 26.3 Å². The predicted molar refractivity (Wildman–Crippen MR) is 120 cm³/mol. The van der Waals surface area contributed by atoms with E-state index in [4.69, 9.17) is 5.41 Å². The van der Waals surface area contributed by atoms with Crippen molar-refractivity contribution in [2.24, 2.45) is 0 Å². The molecular formula is C20H14BrN5O4S. The minimum absolute atomic E-state index is 0.0781. The molecule has 0 saturated carbocycles. The van der Waals surface area contributed by atoms with Gasteiger partial charge < -0.3 is 5.11 Å². The summed E-state index contributed by atoms with van der Waals surface area (Å²) in [6.07, 6.45) is 0. The Labute approximate surface area is 188 Å². The number of aliphatic hydroxyl groups excluding tert-OH is 1. The average Bonchev–Trinajstić information content (AvgIpc) is 3.33. The van der Waals surface area contributed by atoms with Crippen molar-refractivity contribution in [3.05, 3.63) is 84.8 Å². The highest BCUT2D eigenvalue weighted by molar-refractivity contribution is 9.10. The fourth-order valence-corrected chi connectivity index (χ4v) is 4.12. The van der Waals surface area contributed by atoms with E-state index in [9.17, 15) is 20.0 Å². The summed E-state index contributed by atoms with van der Waals surface area (Å²) in [5, 5.41) is 33.0. The molecular weight excluding hydrogens is 486 g/mol. The van der Waals surface area contributed by atoms with Gasteiger partial charge in [-0.3, -0.25) is 30.8 Å². The number of nitrogens with zero attached hydrogens (tertiary/aromatic N) is 3. The number of hydrogen-bond donors (Lipinski definition) is 3. The highest BCUT2D eigenvalue weighted by Gasteiger charge is 2.31. The van der Waals surface area contributed by atoms with Crippen LogP contribution in [0.15, 0.2) is 64.1 Å². The van der Waals surface area contributed by atoms with Crippen molar-refractivity contribution in [1.29, 1.82) is 5.41 Å². The van der Waals surface area contributed by atoms with E-state index >= 15 is 0 Å². The van der Waals surface area contributed by atoms with Gasteiger partial charge in [0, 0.05) is 33.1 Å². The van der Waals surface area contributed by atoms with Crippen LogP contribution in [0.3, 0.4) is 0 Å². The first-order valence-corrected chi connectivity index (χ1v) is 10.6. The van der Waals surface area contributed by atoms with Crippen molar-refractivity contribution in [1.82, 2.24) is 15.4 Å². The number of halogens is 1. The summed E-state index contributed by atoms with van der Waals surface area (Å²) >= 11 is 4.68. The SMILES string of the molecule is N=C1C(c2nc(-c3ccc(Br)cc3)cs2)=C(O)CN1NC(=O)c1ccc([N+](=O)[O-])cc1. The fraction of sp³-hybridized carbons (Fsp3) is 0.0500. The molecule has 0 saturated heterocycles. The number of aliphatic hydroxyl groups is 1. The first kappa shape index (κ1) is 20.7.